The molecule has 2 heterocycles. The van der Waals surface area contributed by atoms with Crippen LogP contribution in [0.2, 0.25) is 0 Å². The van der Waals surface area contributed by atoms with E-state index in [4.69, 9.17) is 0 Å². The molecule has 136 valence electrons. The highest BCUT2D eigenvalue weighted by molar-refractivity contribution is 5.91. The third kappa shape index (κ3) is 3.85. The Morgan fingerprint density at radius 3 is 2.50 bits per heavy atom. The second kappa shape index (κ2) is 7.81. The molecule has 0 radical (unpaired) electrons. The number of hydrogen-bond donors (Lipinski definition) is 1. The van der Waals surface area contributed by atoms with Gasteiger partial charge in [0.15, 0.2) is 0 Å². The molecule has 1 fully saturated rings. The Kier molecular flexibility index (Phi) is 5.09. The number of rotatable bonds is 5. The standard InChI is InChI=1S/C22H27N3O/c26-22(13-17-25-16-12-18-6-2-3-7-21(18)25)23-19-8-10-20(11-9-19)24-14-4-1-5-15-24/h2-3,6-11H,1,4-5,12-17H2,(H,23,26). The van der Waals surface area contributed by atoms with Crippen molar-refractivity contribution in [3.8, 4) is 0 Å². The lowest BCUT2D eigenvalue weighted by Gasteiger charge is -2.28. The van der Waals surface area contributed by atoms with E-state index < -0.39 is 0 Å². The maximum absolute atomic E-state index is 12.3. The third-order valence-electron chi connectivity index (χ3n) is 5.46. The zero-order chi connectivity index (χ0) is 17.8. The molecule has 0 saturated carbocycles. The number of benzene rings is 2. The molecule has 4 nitrogen and oxygen atoms in total. The molecule has 1 saturated heterocycles. The number of nitrogens with one attached hydrogen (secondary N) is 1. The van der Waals surface area contributed by atoms with Crippen molar-refractivity contribution in [2.45, 2.75) is 32.1 Å². The number of fused-ring (bicyclic) bond motifs is 1. The van der Waals surface area contributed by atoms with Gasteiger partial charge < -0.3 is 15.1 Å². The van der Waals surface area contributed by atoms with Crippen LogP contribution < -0.4 is 15.1 Å². The van der Waals surface area contributed by atoms with Crippen LogP contribution in [0.1, 0.15) is 31.2 Å². The molecular weight excluding hydrogens is 322 g/mol. The fraction of sp³-hybridized carbons (Fsp3) is 0.409. The highest BCUT2D eigenvalue weighted by Gasteiger charge is 2.18. The van der Waals surface area contributed by atoms with E-state index in [1.165, 1.54) is 36.2 Å². The minimum Gasteiger partial charge on any atom is -0.372 e. The number of carbonyl (C=O) groups excluding carboxylic acids is 1. The highest BCUT2D eigenvalue weighted by Crippen LogP contribution is 2.27. The molecule has 0 bridgehead atoms. The minimum absolute atomic E-state index is 0.0834. The molecule has 2 aromatic rings. The van der Waals surface area contributed by atoms with E-state index in [1.54, 1.807) is 0 Å². The third-order valence-corrected chi connectivity index (χ3v) is 5.46. The highest BCUT2D eigenvalue weighted by atomic mass is 16.1. The Hall–Kier alpha value is -2.49. The van der Waals surface area contributed by atoms with Gasteiger partial charge in [-0.1, -0.05) is 18.2 Å². The van der Waals surface area contributed by atoms with Gasteiger partial charge in [0.05, 0.1) is 0 Å². The van der Waals surface area contributed by atoms with E-state index in [2.05, 4.69) is 51.5 Å². The molecule has 0 spiro atoms. The monoisotopic (exact) mass is 349 g/mol. The largest absolute Gasteiger partial charge is 0.372 e. The van der Waals surface area contributed by atoms with Crippen molar-refractivity contribution >= 4 is 23.0 Å². The zero-order valence-corrected chi connectivity index (χ0v) is 15.3. The van der Waals surface area contributed by atoms with Crippen molar-refractivity contribution in [3.63, 3.8) is 0 Å². The average molecular weight is 349 g/mol. The first kappa shape index (κ1) is 17.0. The van der Waals surface area contributed by atoms with Crippen molar-refractivity contribution in [3.05, 3.63) is 54.1 Å². The molecule has 0 unspecified atom stereocenters. The molecule has 1 amide bonds. The van der Waals surface area contributed by atoms with Gasteiger partial charge in [0.2, 0.25) is 5.91 Å². The topological polar surface area (TPSA) is 35.6 Å². The van der Waals surface area contributed by atoms with Crippen LogP contribution in [0.3, 0.4) is 0 Å². The van der Waals surface area contributed by atoms with Crippen molar-refractivity contribution in [2.75, 3.05) is 41.3 Å². The van der Waals surface area contributed by atoms with E-state index in [9.17, 15) is 4.79 Å². The number of anilines is 3. The summed E-state index contributed by atoms with van der Waals surface area (Å²) in [4.78, 5) is 17.1. The molecular formula is C22H27N3O. The molecule has 26 heavy (non-hydrogen) atoms. The van der Waals surface area contributed by atoms with Crippen LogP contribution in [0.4, 0.5) is 17.1 Å². The number of amides is 1. The summed E-state index contributed by atoms with van der Waals surface area (Å²) in [5.41, 5.74) is 4.82. The summed E-state index contributed by atoms with van der Waals surface area (Å²) in [7, 11) is 0. The van der Waals surface area contributed by atoms with Gasteiger partial charge in [-0.3, -0.25) is 4.79 Å². The predicted octanol–water partition coefficient (Wildman–Crippen LogP) is 4.07. The summed E-state index contributed by atoms with van der Waals surface area (Å²) < 4.78 is 0. The lowest BCUT2D eigenvalue weighted by molar-refractivity contribution is -0.116. The van der Waals surface area contributed by atoms with Gasteiger partial charge in [0.25, 0.3) is 0 Å². The van der Waals surface area contributed by atoms with E-state index >= 15 is 0 Å². The van der Waals surface area contributed by atoms with Gasteiger partial charge in [0.1, 0.15) is 0 Å². The molecule has 0 atom stereocenters. The Labute approximate surface area is 155 Å². The summed E-state index contributed by atoms with van der Waals surface area (Å²) in [5.74, 6) is 0.0834. The number of hydrogen-bond acceptors (Lipinski definition) is 3. The Morgan fingerprint density at radius 2 is 1.69 bits per heavy atom. The molecule has 2 aliphatic heterocycles. The summed E-state index contributed by atoms with van der Waals surface area (Å²) >= 11 is 0. The SMILES string of the molecule is O=C(CCN1CCc2ccccc21)Nc1ccc(N2CCCCC2)cc1. The predicted molar refractivity (Wildman–Crippen MR) is 108 cm³/mol. The Bertz CT molecular complexity index is 750. The molecule has 4 rings (SSSR count). The van der Waals surface area contributed by atoms with E-state index in [0.717, 1.165) is 38.3 Å². The first-order valence-electron chi connectivity index (χ1n) is 9.77. The van der Waals surface area contributed by atoms with Gasteiger partial charge in [-0.25, -0.2) is 0 Å². The number of carbonyl (C=O) groups is 1. The molecule has 4 heteroatoms. The second-order valence-corrected chi connectivity index (χ2v) is 7.26. The molecule has 2 aliphatic rings. The first-order valence-corrected chi connectivity index (χ1v) is 9.77. The summed E-state index contributed by atoms with van der Waals surface area (Å²) in [6, 6.07) is 16.8. The van der Waals surface area contributed by atoms with Gasteiger partial charge in [-0.05, 0) is 61.6 Å². The second-order valence-electron chi connectivity index (χ2n) is 7.26. The zero-order valence-electron chi connectivity index (χ0n) is 15.3. The lowest BCUT2D eigenvalue weighted by atomic mass is 10.1. The first-order chi connectivity index (χ1) is 12.8. The molecule has 2 aromatic carbocycles. The normalized spacial score (nSPS) is 16.5. The van der Waals surface area contributed by atoms with Crippen molar-refractivity contribution in [1.29, 1.82) is 0 Å². The van der Waals surface area contributed by atoms with E-state index in [-0.39, 0.29) is 5.91 Å². The number of piperidine rings is 1. The smallest absolute Gasteiger partial charge is 0.226 e. The molecule has 0 aromatic heterocycles. The number of nitrogens with zero attached hydrogens (tertiary/aromatic N) is 2. The quantitative estimate of drug-likeness (QED) is 0.884. The maximum atomic E-state index is 12.3. The van der Waals surface area contributed by atoms with Crippen molar-refractivity contribution < 1.29 is 4.79 Å². The van der Waals surface area contributed by atoms with Crippen LogP contribution >= 0.6 is 0 Å². The van der Waals surface area contributed by atoms with E-state index in [1.807, 2.05) is 12.1 Å². The molecule has 1 N–H and O–H groups in total. The van der Waals surface area contributed by atoms with Gasteiger partial charge in [0, 0.05) is 49.7 Å². The average Bonchev–Trinajstić information content (AvgIpc) is 3.11. The summed E-state index contributed by atoms with van der Waals surface area (Å²) in [6.45, 7) is 4.07. The van der Waals surface area contributed by atoms with Crippen LogP contribution in [-0.2, 0) is 11.2 Å². The van der Waals surface area contributed by atoms with E-state index in [0.29, 0.717) is 6.42 Å². The summed E-state index contributed by atoms with van der Waals surface area (Å²) in [6.07, 6.45) is 5.49. The van der Waals surface area contributed by atoms with Gasteiger partial charge >= 0.3 is 0 Å². The Balaban J connectivity index is 1.28. The van der Waals surface area contributed by atoms with Crippen LogP contribution in [0.15, 0.2) is 48.5 Å². The van der Waals surface area contributed by atoms with Crippen LogP contribution in [0.25, 0.3) is 0 Å². The van der Waals surface area contributed by atoms with Crippen LogP contribution in [-0.4, -0.2) is 32.1 Å². The van der Waals surface area contributed by atoms with Crippen LogP contribution in [0.5, 0.6) is 0 Å². The Morgan fingerprint density at radius 1 is 0.923 bits per heavy atom. The molecule has 0 aliphatic carbocycles. The fourth-order valence-electron chi connectivity index (χ4n) is 4.01. The van der Waals surface area contributed by atoms with Crippen molar-refractivity contribution in [1.82, 2.24) is 0 Å². The lowest BCUT2D eigenvalue weighted by Crippen LogP contribution is -2.29. The summed E-state index contributed by atoms with van der Waals surface area (Å²) in [5, 5.41) is 3.04. The van der Waals surface area contributed by atoms with Gasteiger partial charge in [-0.2, -0.15) is 0 Å². The van der Waals surface area contributed by atoms with Crippen LogP contribution in [0, 0.1) is 0 Å². The maximum Gasteiger partial charge on any atom is 0.226 e. The fourth-order valence-corrected chi connectivity index (χ4v) is 4.01. The van der Waals surface area contributed by atoms with Gasteiger partial charge in [-0.15, -0.1) is 0 Å². The van der Waals surface area contributed by atoms with Crippen molar-refractivity contribution in [2.24, 2.45) is 0 Å². The number of para-hydroxylation sites is 1. The minimum atomic E-state index is 0.0834.